The van der Waals surface area contributed by atoms with Crippen LogP contribution in [-0.2, 0) is 0 Å². The number of ether oxygens (including phenoxy) is 1. The third-order valence-electron chi connectivity index (χ3n) is 5.61. The molecule has 1 saturated heterocycles. The summed E-state index contributed by atoms with van der Waals surface area (Å²) in [7, 11) is 1.39. The summed E-state index contributed by atoms with van der Waals surface area (Å²) in [6.45, 7) is 4.18. The maximum absolute atomic E-state index is 13.9. The van der Waals surface area contributed by atoms with Gasteiger partial charge in [-0.3, -0.25) is 9.59 Å². The number of rotatable bonds is 5. The van der Waals surface area contributed by atoms with Gasteiger partial charge >= 0.3 is 0 Å². The van der Waals surface area contributed by atoms with Gasteiger partial charge in [-0.25, -0.2) is 9.37 Å². The molecule has 1 aliphatic heterocycles. The van der Waals surface area contributed by atoms with Crippen molar-refractivity contribution in [2.45, 2.75) is 6.92 Å². The minimum atomic E-state index is -0.555. The molecule has 2 amide bonds. The number of anilines is 2. The Labute approximate surface area is 191 Å². The number of halogens is 1. The van der Waals surface area contributed by atoms with Gasteiger partial charge in [0.15, 0.2) is 11.6 Å². The predicted molar refractivity (Wildman–Crippen MR) is 124 cm³/mol. The molecule has 0 saturated carbocycles. The molecule has 1 N–H and O–H groups in total. The van der Waals surface area contributed by atoms with Crippen LogP contribution in [0.1, 0.15) is 26.3 Å². The highest BCUT2D eigenvalue weighted by molar-refractivity contribution is 6.04. The summed E-state index contributed by atoms with van der Waals surface area (Å²) in [4.78, 5) is 33.3. The molecule has 0 aliphatic carbocycles. The van der Waals surface area contributed by atoms with E-state index >= 15 is 0 Å². The second kappa shape index (κ2) is 9.68. The summed E-state index contributed by atoms with van der Waals surface area (Å²) in [5, 5.41) is 2.85. The lowest BCUT2D eigenvalue weighted by atomic mass is 10.1. The first-order valence-electron chi connectivity index (χ1n) is 10.7. The van der Waals surface area contributed by atoms with Crippen LogP contribution in [0.3, 0.4) is 0 Å². The van der Waals surface area contributed by atoms with E-state index in [-0.39, 0.29) is 17.6 Å². The van der Waals surface area contributed by atoms with Crippen molar-refractivity contribution < 1.29 is 18.7 Å². The number of piperazine rings is 1. The van der Waals surface area contributed by atoms with Crippen molar-refractivity contribution in [2.24, 2.45) is 0 Å². The van der Waals surface area contributed by atoms with Gasteiger partial charge in [-0.1, -0.05) is 17.7 Å². The molecular formula is C25H25FN4O3. The summed E-state index contributed by atoms with van der Waals surface area (Å²) in [5.41, 5.74) is 2.59. The van der Waals surface area contributed by atoms with Crippen LogP contribution in [0.4, 0.5) is 15.9 Å². The number of nitrogens with zero attached hydrogens (tertiary/aromatic N) is 3. The van der Waals surface area contributed by atoms with E-state index in [2.05, 4.69) is 15.2 Å². The van der Waals surface area contributed by atoms with Crippen molar-refractivity contribution in [3.8, 4) is 5.75 Å². The summed E-state index contributed by atoms with van der Waals surface area (Å²) >= 11 is 0. The Bertz CT molecular complexity index is 1140. The monoisotopic (exact) mass is 448 g/mol. The number of aromatic nitrogens is 1. The van der Waals surface area contributed by atoms with Gasteiger partial charge in [-0.05, 0) is 49.4 Å². The molecule has 2 heterocycles. The number of amides is 2. The molecule has 0 atom stereocenters. The number of hydrogen-bond acceptors (Lipinski definition) is 5. The highest BCUT2D eigenvalue weighted by Gasteiger charge is 2.23. The lowest BCUT2D eigenvalue weighted by Crippen LogP contribution is -2.49. The van der Waals surface area contributed by atoms with Gasteiger partial charge in [0.2, 0.25) is 0 Å². The number of aryl methyl sites for hydroxylation is 1. The first-order valence-corrected chi connectivity index (χ1v) is 10.7. The van der Waals surface area contributed by atoms with Crippen molar-refractivity contribution in [1.82, 2.24) is 9.88 Å². The Morgan fingerprint density at radius 1 is 0.970 bits per heavy atom. The third-order valence-corrected chi connectivity index (χ3v) is 5.61. The molecule has 0 unspecified atom stereocenters. The van der Waals surface area contributed by atoms with E-state index in [0.29, 0.717) is 43.0 Å². The number of hydrogen-bond donors (Lipinski definition) is 1. The molecular weight excluding hydrogens is 423 g/mol. The van der Waals surface area contributed by atoms with E-state index in [4.69, 9.17) is 4.74 Å². The van der Waals surface area contributed by atoms with Crippen LogP contribution < -0.4 is 15.0 Å². The van der Waals surface area contributed by atoms with Crippen molar-refractivity contribution in [3.63, 3.8) is 0 Å². The molecule has 8 heteroatoms. The number of carbonyl (C=O) groups is 2. The van der Waals surface area contributed by atoms with Crippen LogP contribution in [0.25, 0.3) is 0 Å². The van der Waals surface area contributed by atoms with Crippen molar-refractivity contribution >= 4 is 23.3 Å². The fourth-order valence-electron chi connectivity index (χ4n) is 3.68. The molecule has 33 heavy (non-hydrogen) atoms. The van der Waals surface area contributed by atoms with Crippen molar-refractivity contribution in [2.75, 3.05) is 43.5 Å². The van der Waals surface area contributed by atoms with E-state index in [9.17, 15) is 14.0 Å². The lowest BCUT2D eigenvalue weighted by molar-refractivity contribution is 0.0745. The van der Waals surface area contributed by atoms with Gasteiger partial charge < -0.3 is 19.9 Å². The van der Waals surface area contributed by atoms with Gasteiger partial charge in [-0.15, -0.1) is 0 Å². The number of carbonyl (C=O) groups excluding carboxylic acids is 2. The smallest absolute Gasteiger partial charge is 0.255 e. The highest BCUT2D eigenvalue weighted by Crippen LogP contribution is 2.21. The van der Waals surface area contributed by atoms with Crippen LogP contribution >= 0.6 is 0 Å². The SMILES string of the molecule is COc1ccc(C(=O)N2CCN(c3ccc(NC(=O)c4ccc(C)cc4)cn3)CC2)cc1F. The molecule has 2 aromatic carbocycles. The van der Waals surface area contributed by atoms with Crippen LogP contribution in [0, 0.1) is 12.7 Å². The predicted octanol–water partition coefficient (Wildman–Crippen LogP) is 3.75. The molecule has 7 nitrogen and oxygen atoms in total. The first kappa shape index (κ1) is 22.3. The Morgan fingerprint density at radius 2 is 1.67 bits per heavy atom. The molecule has 0 radical (unpaired) electrons. The molecule has 170 valence electrons. The summed E-state index contributed by atoms with van der Waals surface area (Å²) in [6, 6.07) is 15.3. The van der Waals surface area contributed by atoms with E-state index in [1.165, 1.54) is 19.2 Å². The van der Waals surface area contributed by atoms with E-state index in [1.807, 2.05) is 31.2 Å². The quantitative estimate of drug-likeness (QED) is 0.644. The van der Waals surface area contributed by atoms with Gasteiger partial charge in [0.25, 0.3) is 11.8 Å². The van der Waals surface area contributed by atoms with Crippen LogP contribution in [0.2, 0.25) is 0 Å². The second-order valence-electron chi connectivity index (χ2n) is 7.85. The van der Waals surface area contributed by atoms with Crippen molar-refractivity contribution in [3.05, 3.63) is 83.3 Å². The largest absolute Gasteiger partial charge is 0.494 e. The summed E-state index contributed by atoms with van der Waals surface area (Å²) < 4.78 is 18.9. The zero-order valence-corrected chi connectivity index (χ0v) is 18.5. The average Bonchev–Trinajstić information content (AvgIpc) is 2.84. The Kier molecular flexibility index (Phi) is 6.53. The molecule has 4 rings (SSSR count). The van der Waals surface area contributed by atoms with Gasteiger partial charge in [0.1, 0.15) is 5.82 Å². The number of nitrogens with one attached hydrogen (secondary N) is 1. The molecule has 0 bridgehead atoms. The lowest BCUT2D eigenvalue weighted by Gasteiger charge is -2.35. The number of benzene rings is 2. The third kappa shape index (κ3) is 5.11. The average molecular weight is 448 g/mol. The van der Waals surface area contributed by atoms with E-state index in [0.717, 1.165) is 11.4 Å². The van der Waals surface area contributed by atoms with Crippen LogP contribution in [0.15, 0.2) is 60.8 Å². The standard InChI is InChI=1S/C25H25FN4O3/c1-17-3-5-18(6-4-17)24(31)28-20-8-10-23(27-16-20)29-11-13-30(14-12-29)25(32)19-7-9-22(33-2)21(26)15-19/h3-10,15-16H,11-14H2,1-2H3,(H,28,31). The maximum atomic E-state index is 13.9. The van der Waals surface area contributed by atoms with Gasteiger partial charge in [0.05, 0.1) is 19.0 Å². The fourth-order valence-corrected chi connectivity index (χ4v) is 3.68. The number of pyridine rings is 1. The zero-order chi connectivity index (χ0) is 23.4. The molecule has 1 fully saturated rings. The summed E-state index contributed by atoms with van der Waals surface area (Å²) in [6.07, 6.45) is 1.62. The summed E-state index contributed by atoms with van der Waals surface area (Å²) in [5.74, 6) is -0.0717. The van der Waals surface area contributed by atoms with Crippen molar-refractivity contribution in [1.29, 1.82) is 0 Å². The number of methoxy groups -OCH3 is 1. The second-order valence-corrected chi connectivity index (χ2v) is 7.85. The minimum Gasteiger partial charge on any atom is -0.494 e. The zero-order valence-electron chi connectivity index (χ0n) is 18.5. The topological polar surface area (TPSA) is 74.8 Å². The van der Waals surface area contributed by atoms with E-state index < -0.39 is 5.82 Å². The Hall–Kier alpha value is -3.94. The Morgan fingerprint density at radius 3 is 2.27 bits per heavy atom. The molecule has 0 spiro atoms. The van der Waals surface area contributed by atoms with Crippen LogP contribution in [0.5, 0.6) is 5.75 Å². The Balaban J connectivity index is 1.33. The van der Waals surface area contributed by atoms with Crippen LogP contribution in [-0.4, -0.2) is 55.0 Å². The molecule has 1 aromatic heterocycles. The van der Waals surface area contributed by atoms with Gasteiger partial charge in [-0.2, -0.15) is 0 Å². The fraction of sp³-hybridized carbons (Fsp3) is 0.240. The minimum absolute atomic E-state index is 0.112. The van der Waals surface area contributed by atoms with E-state index in [1.54, 1.807) is 29.3 Å². The molecule has 3 aromatic rings. The maximum Gasteiger partial charge on any atom is 0.255 e. The first-order chi connectivity index (χ1) is 15.9. The highest BCUT2D eigenvalue weighted by atomic mass is 19.1. The molecule has 1 aliphatic rings. The van der Waals surface area contributed by atoms with Gasteiger partial charge in [0, 0.05) is 37.3 Å². The normalized spacial score (nSPS) is 13.5.